The summed E-state index contributed by atoms with van der Waals surface area (Å²) in [5, 5.41) is 11.2. The van der Waals surface area contributed by atoms with E-state index in [4.69, 9.17) is 23.3 Å². The summed E-state index contributed by atoms with van der Waals surface area (Å²) in [6.45, 7) is 7.52. The number of carbonyl (C=O) groups excluding carboxylic acids is 1. The molecule has 0 aliphatic carbocycles. The van der Waals surface area contributed by atoms with E-state index in [0.29, 0.717) is 11.2 Å². The Bertz CT molecular complexity index is 1370. The first kappa shape index (κ1) is 26.5. The number of nitrogens with one attached hydrogen (secondary N) is 1. The lowest BCUT2D eigenvalue weighted by Crippen LogP contribution is -2.28. The van der Waals surface area contributed by atoms with Crippen LogP contribution in [0.4, 0.5) is 5.82 Å². The Morgan fingerprint density at radius 1 is 1.13 bits per heavy atom. The Hall–Kier alpha value is -3.06. The van der Waals surface area contributed by atoms with Crippen molar-refractivity contribution in [2.45, 2.75) is 58.0 Å². The fourth-order valence-corrected chi connectivity index (χ4v) is 5.78. The summed E-state index contributed by atoms with van der Waals surface area (Å²) >= 11 is 0. The lowest BCUT2D eigenvalue weighted by atomic mass is 10.1. The Balaban J connectivity index is 1.44. The monoisotopic (exact) mass is 544 g/mol. The minimum Gasteiger partial charge on any atom is -0.343 e. The molecular weight excluding hydrogens is 515 g/mol. The van der Waals surface area contributed by atoms with Crippen LogP contribution in [0.25, 0.3) is 11.2 Å². The second-order valence-corrected chi connectivity index (χ2v) is 10.9. The van der Waals surface area contributed by atoms with Crippen LogP contribution >= 0.6 is 7.60 Å². The molecule has 2 saturated heterocycles. The first-order valence-corrected chi connectivity index (χ1v) is 13.9. The highest BCUT2D eigenvalue weighted by Gasteiger charge is 2.56. The van der Waals surface area contributed by atoms with Crippen molar-refractivity contribution in [3.63, 3.8) is 0 Å². The molecule has 2 aromatic heterocycles. The SMILES string of the molecule is CCOP(=O)(/C=C/C1OC(n2nnc3c(NC(=O)c4ccccc4)ncnc32)C2OC(C)(C)OC12)OCC. The Labute approximate surface area is 219 Å². The van der Waals surface area contributed by atoms with Crippen molar-refractivity contribution in [3.8, 4) is 0 Å². The zero-order valence-electron chi connectivity index (χ0n) is 21.4. The van der Waals surface area contributed by atoms with Crippen molar-refractivity contribution in [2.75, 3.05) is 18.5 Å². The molecule has 13 nitrogen and oxygen atoms in total. The van der Waals surface area contributed by atoms with Crippen LogP contribution in [0.5, 0.6) is 0 Å². The summed E-state index contributed by atoms with van der Waals surface area (Å²) < 4.78 is 43.7. The maximum atomic E-state index is 13.0. The van der Waals surface area contributed by atoms with Crippen LogP contribution in [0, 0.1) is 0 Å². The van der Waals surface area contributed by atoms with E-state index < -0.39 is 37.9 Å². The maximum absolute atomic E-state index is 13.0. The molecule has 202 valence electrons. The minimum atomic E-state index is -3.46. The first-order chi connectivity index (χ1) is 18.2. The standard InChI is InChI=1S/C24H29N6O7P/c1-5-33-38(32,34-6-2)13-12-16-18-19(37-24(3,4)36-18)23(35-16)30-21-17(28-29-30)20(25-14-26-21)27-22(31)15-10-8-7-9-11-15/h7-14,16,18-19,23H,5-6H2,1-4H3,(H,25,26,27,31)/b13-12+. The molecule has 5 rings (SSSR count). The molecule has 14 heteroatoms. The molecule has 2 fully saturated rings. The van der Waals surface area contributed by atoms with Crippen molar-refractivity contribution in [1.82, 2.24) is 25.0 Å². The van der Waals surface area contributed by atoms with Gasteiger partial charge in [-0.15, -0.1) is 5.10 Å². The molecule has 4 atom stereocenters. The average Bonchev–Trinajstić information content (AvgIpc) is 3.55. The number of ether oxygens (including phenoxy) is 3. The summed E-state index contributed by atoms with van der Waals surface area (Å²) in [5.41, 5.74) is 1.09. The smallest absolute Gasteiger partial charge is 0.343 e. The molecular formula is C24H29N6O7P. The normalized spacial score (nSPS) is 24.7. The fourth-order valence-electron chi connectivity index (χ4n) is 4.43. The zero-order valence-corrected chi connectivity index (χ0v) is 22.3. The van der Waals surface area contributed by atoms with Gasteiger partial charge in [0.15, 0.2) is 29.0 Å². The average molecular weight is 545 g/mol. The predicted molar refractivity (Wildman–Crippen MR) is 135 cm³/mol. The van der Waals surface area contributed by atoms with E-state index in [-0.39, 0.29) is 30.5 Å². The molecule has 0 spiro atoms. The van der Waals surface area contributed by atoms with Gasteiger partial charge in [-0.05, 0) is 45.9 Å². The van der Waals surface area contributed by atoms with E-state index in [1.54, 1.807) is 58.0 Å². The van der Waals surface area contributed by atoms with E-state index >= 15 is 0 Å². The molecule has 2 aliphatic heterocycles. The van der Waals surface area contributed by atoms with Gasteiger partial charge in [0.25, 0.3) is 5.91 Å². The number of benzene rings is 1. The van der Waals surface area contributed by atoms with E-state index in [9.17, 15) is 9.36 Å². The van der Waals surface area contributed by atoms with Crippen molar-refractivity contribution in [3.05, 3.63) is 54.1 Å². The summed E-state index contributed by atoms with van der Waals surface area (Å²) in [6.07, 6.45) is 0.352. The van der Waals surface area contributed by atoms with Gasteiger partial charge in [-0.1, -0.05) is 23.4 Å². The fraction of sp³-hybridized carbons (Fsp3) is 0.458. The molecule has 4 unspecified atom stereocenters. The summed E-state index contributed by atoms with van der Waals surface area (Å²) in [5.74, 6) is 0.356. The van der Waals surface area contributed by atoms with Crippen LogP contribution in [-0.2, 0) is 27.8 Å². The molecule has 1 aromatic carbocycles. The Morgan fingerprint density at radius 3 is 2.55 bits per heavy atom. The van der Waals surface area contributed by atoms with E-state index in [1.165, 1.54) is 16.8 Å². The van der Waals surface area contributed by atoms with Crippen molar-refractivity contribution in [1.29, 1.82) is 0 Å². The second kappa shape index (κ2) is 10.6. The van der Waals surface area contributed by atoms with Crippen LogP contribution in [0.2, 0.25) is 0 Å². The third-order valence-corrected chi connectivity index (χ3v) is 7.68. The minimum absolute atomic E-state index is 0.208. The van der Waals surface area contributed by atoms with Crippen molar-refractivity contribution in [2.24, 2.45) is 0 Å². The molecule has 1 amide bonds. The van der Waals surface area contributed by atoms with Gasteiger partial charge in [0.1, 0.15) is 24.6 Å². The van der Waals surface area contributed by atoms with Gasteiger partial charge in [0.05, 0.1) is 13.2 Å². The van der Waals surface area contributed by atoms with Crippen molar-refractivity contribution >= 4 is 30.5 Å². The number of fused-ring (bicyclic) bond motifs is 2. The third-order valence-electron chi connectivity index (χ3n) is 5.91. The van der Waals surface area contributed by atoms with Gasteiger partial charge >= 0.3 is 7.60 Å². The number of rotatable bonds is 9. The van der Waals surface area contributed by atoms with E-state index in [0.717, 1.165) is 0 Å². The summed E-state index contributed by atoms with van der Waals surface area (Å²) in [6, 6.07) is 8.75. The summed E-state index contributed by atoms with van der Waals surface area (Å²) in [7, 11) is -3.46. The lowest BCUT2D eigenvalue weighted by molar-refractivity contribution is -0.192. The maximum Gasteiger partial charge on any atom is 0.353 e. The molecule has 4 heterocycles. The van der Waals surface area contributed by atoms with Crippen LogP contribution in [0.1, 0.15) is 44.3 Å². The van der Waals surface area contributed by atoms with Crippen LogP contribution in [0.15, 0.2) is 48.6 Å². The molecule has 0 saturated carbocycles. The third kappa shape index (κ3) is 5.26. The molecule has 0 bridgehead atoms. The van der Waals surface area contributed by atoms with E-state index in [2.05, 4.69) is 25.6 Å². The molecule has 2 aliphatic rings. The van der Waals surface area contributed by atoms with Crippen LogP contribution in [-0.4, -0.2) is 68.2 Å². The Morgan fingerprint density at radius 2 is 1.84 bits per heavy atom. The van der Waals surface area contributed by atoms with Gasteiger partial charge in [-0.25, -0.2) is 9.97 Å². The van der Waals surface area contributed by atoms with Gasteiger partial charge in [0, 0.05) is 11.4 Å². The highest BCUT2D eigenvalue weighted by Crippen LogP contribution is 2.51. The summed E-state index contributed by atoms with van der Waals surface area (Å²) in [4.78, 5) is 21.2. The zero-order chi connectivity index (χ0) is 26.9. The van der Waals surface area contributed by atoms with Gasteiger partial charge < -0.3 is 28.6 Å². The largest absolute Gasteiger partial charge is 0.353 e. The number of anilines is 1. The quantitative estimate of drug-likeness (QED) is 0.393. The number of hydrogen-bond acceptors (Lipinski definition) is 11. The molecule has 3 aromatic rings. The number of hydrogen-bond donors (Lipinski definition) is 1. The first-order valence-electron chi connectivity index (χ1n) is 12.2. The van der Waals surface area contributed by atoms with Gasteiger partial charge in [0.2, 0.25) is 0 Å². The topological polar surface area (TPSA) is 149 Å². The van der Waals surface area contributed by atoms with E-state index in [1.807, 2.05) is 6.07 Å². The highest BCUT2D eigenvalue weighted by molar-refractivity contribution is 7.57. The van der Waals surface area contributed by atoms with Gasteiger partial charge in [-0.2, -0.15) is 4.68 Å². The van der Waals surface area contributed by atoms with Gasteiger partial charge in [-0.3, -0.25) is 9.36 Å². The predicted octanol–water partition coefficient (Wildman–Crippen LogP) is 3.67. The molecule has 1 N–H and O–H groups in total. The van der Waals surface area contributed by atoms with Crippen LogP contribution < -0.4 is 5.32 Å². The number of nitrogens with zero attached hydrogens (tertiary/aromatic N) is 5. The number of carbonyl (C=O) groups is 1. The highest BCUT2D eigenvalue weighted by atomic mass is 31.2. The Kier molecular flexibility index (Phi) is 7.40. The van der Waals surface area contributed by atoms with Crippen LogP contribution in [0.3, 0.4) is 0 Å². The molecule has 0 radical (unpaired) electrons. The number of aromatic nitrogens is 5. The second-order valence-electron chi connectivity index (χ2n) is 9.02. The number of amides is 1. The van der Waals surface area contributed by atoms with Crippen molar-refractivity contribution < 1.29 is 32.6 Å². The molecule has 38 heavy (non-hydrogen) atoms. The lowest BCUT2D eigenvalue weighted by Gasteiger charge is -2.23.